The molecule has 8 N–H and O–H groups in total. The number of aryl methyl sites for hydroxylation is 8. The minimum atomic E-state index is 0.322. The van der Waals surface area contributed by atoms with Gasteiger partial charge in [-0.05, 0) is 173 Å². The normalized spacial score (nSPS) is 9.17. The monoisotopic (exact) mass is 878 g/mol. The molecule has 0 unspecified atom stereocenters. The van der Waals surface area contributed by atoms with Gasteiger partial charge in [-0.25, -0.2) is 0 Å². The average molecular weight is 879 g/mol. The molecule has 0 bridgehead atoms. The summed E-state index contributed by atoms with van der Waals surface area (Å²) < 4.78 is 0. The van der Waals surface area contributed by atoms with Gasteiger partial charge in [0.05, 0.1) is 0 Å². The first kappa shape index (κ1) is 55.2. The third-order valence-corrected chi connectivity index (χ3v) is 8.85. The SMILES string of the molecule is CCc1ccc(O)cc1.Cc1ccc(O)c(C)c1.Cc1ccc(O)cc1.Cc1ccc(O)cc1C.Cc1cccc(O)c1.Cc1ccccc1O.Oc1ccccc1.Oc1ccccc1. The minimum absolute atomic E-state index is 0.322. The lowest BCUT2D eigenvalue weighted by Crippen LogP contribution is -1.76. The van der Waals surface area contributed by atoms with Crippen molar-refractivity contribution in [2.45, 2.75) is 61.8 Å². The highest BCUT2D eigenvalue weighted by Crippen LogP contribution is 2.17. The van der Waals surface area contributed by atoms with E-state index in [2.05, 4.69) is 6.92 Å². The Hall–Kier alpha value is -7.84. The Morgan fingerprint density at radius 2 is 0.662 bits per heavy atom. The molecule has 0 atom stereocenters. The summed E-state index contributed by atoms with van der Waals surface area (Å²) in [6, 6.07) is 57.1. The van der Waals surface area contributed by atoms with Crippen LogP contribution >= 0.6 is 0 Å². The number of rotatable bonds is 1. The van der Waals surface area contributed by atoms with E-state index in [-0.39, 0.29) is 0 Å². The standard InChI is InChI=1S/3C8H10O.3C7H8O.2C6H6O/c1-6-3-4-8(9)5-7(6)2;1-6-3-4-8(9)7(2)5-6;1-2-7-3-5-8(9)6-4-7;1-6-2-4-7(8)5-3-6;1-6-3-2-4-7(8)5-6;1-6-4-2-3-5-7(6)8;2*7-6-4-2-1-3-5-6/h2*3-5,9H,1-2H3;3-6,9H,2H2,1H3;3*2-5,8H,1H3;2*1-5,7H. The Balaban J connectivity index is 0.000000372. The predicted octanol–water partition coefficient (Wildman–Crippen LogP) is 13.9. The molecule has 65 heavy (non-hydrogen) atoms. The predicted molar refractivity (Wildman–Crippen MR) is 267 cm³/mol. The summed E-state index contributed by atoms with van der Waals surface area (Å²) in [5.74, 6) is 2.74. The quantitative estimate of drug-likeness (QED) is 0.0808. The molecule has 0 saturated heterocycles. The van der Waals surface area contributed by atoms with Crippen LogP contribution in [0, 0.1) is 48.5 Å². The zero-order chi connectivity index (χ0) is 48.6. The van der Waals surface area contributed by atoms with Crippen molar-refractivity contribution in [3.8, 4) is 46.0 Å². The van der Waals surface area contributed by atoms with Gasteiger partial charge in [-0.3, -0.25) is 0 Å². The summed E-state index contributed by atoms with van der Waals surface area (Å²) in [5, 5.41) is 70.6. The van der Waals surface area contributed by atoms with Gasteiger partial charge in [0, 0.05) is 0 Å². The molecule has 0 aliphatic rings. The van der Waals surface area contributed by atoms with E-state index in [1.807, 2.05) is 133 Å². The Morgan fingerprint density at radius 3 is 1.00 bits per heavy atom. The molecule has 8 nitrogen and oxygen atoms in total. The van der Waals surface area contributed by atoms with E-state index in [9.17, 15) is 0 Å². The number of aromatic hydroxyl groups is 8. The topological polar surface area (TPSA) is 162 Å². The molecule has 0 aromatic heterocycles. The third-order valence-electron chi connectivity index (χ3n) is 8.85. The van der Waals surface area contributed by atoms with Gasteiger partial charge < -0.3 is 40.9 Å². The molecule has 0 aliphatic heterocycles. The van der Waals surface area contributed by atoms with E-state index in [1.54, 1.807) is 109 Å². The van der Waals surface area contributed by atoms with E-state index >= 15 is 0 Å². The highest BCUT2D eigenvalue weighted by Gasteiger charge is 1.93. The van der Waals surface area contributed by atoms with Crippen LogP contribution in [0.3, 0.4) is 0 Å². The van der Waals surface area contributed by atoms with Crippen LogP contribution in [-0.4, -0.2) is 40.9 Å². The zero-order valence-corrected chi connectivity index (χ0v) is 38.8. The fourth-order valence-corrected chi connectivity index (χ4v) is 4.85. The summed E-state index contributed by atoms with van der Waals surface area (Å²) in [6.07, 6.45) is 1.03. The first-order valence-electron chi connectivity index (χ1n) is 20.9. The molecule has 0 amide bonds. The van der Waals surface area contributed by atoms with Gasteiger partial charge in [0.2, 0.25) is 0 Å². The second-order valence-corrected chi connectivity index (χ2v) is 14.7. The minimum Gasteiger partial charge on any atom is -0.508 e. The number of benzene rings is 8. The van der Waals surface area contributed by atoms with Crippen LogP contribution in [0.5, 0.6) is 46.0 Å². The van der Waals surface area contributed by atoms with Crippen LogP contribution in [-0.2, 0) is 6.42 Å². The van der Waals surface area contributed by atoms with Crippen LogP contribution in [0.2, 0.25) is 0 Å². The average Bonchev–Trinajstić information content (AvgIpc) is 3.28. The van der Waals surface area contributed by atoms with Gasteiger partial charge in [-0.2, -0.15) is 0 Å². The van der Waals surface area contributed by atoms with Crippen LogP contribution in [0.15, 0.2) is 194 Å². The Bertz CT molecular complexity index is 2300. The first-order valence-corrected chi connectivity index (χ1v) is 20.9. The van der Waals surface area contributed by atoms with Crippen molar-refractivity contribution in [1.29, 1.82) is 0 Å². The summed E-state index contributed by atoms with van der Waals surface area (Å²) in [5.41, 5.74) is 8.91. The van der Waals surface area contributed by atoms with Crippen LogP contribution in [0.1, 0.15) is 51.4 Å². The first-order chi connectivity index (χ1) is 30.9. The Labute approximate surface area is 386 Å². The van der Waals surface area contributed by atoms with Gasteiger partial charge in [-0.15, -0.1) is 0 Å². The fraction of sp³-hybridized carbons (Fsp3) is 0.158. The molecular formula is C57H66O8. The van der Waals surface area contributed by atoms with Crippen molar-refractivity contribution in [2.75, 3.05) is 0 Å². The maximum atomic E-state index is 9.04. The molecule has 0 heterocycles. The lowest BCUT2D eigenvalue weighted by molar-refractivity contribution is 0.470. The highest BCUT2D eigenvalue weighted by atomic mass is 16.3. The molecule has 8 rings (SSSR count). The van der Waals surface area contributed by atoms with Crippen LogP contribution in [0.4, 0.5) is 0 Å². The molecule has 0 saturated carbocycles. The molecular weight excluding hydrogens is 813 g/mol. The van der Waals surface area contributed by atoms with E-state index in [0.29, 0.717) is 46.0 Å². The van der Waals surface area contributed by atoms with Crippen molar-refractivity contribution in [3.05, 3.63) is 239 Å². The molecule has 0 fully saturated rings. The second kappa shape index (κ2) is 31.9. The third kappa shape index (κ3) is 27.7. The number of phenols is 8. The lowest BCUT2D eigenvalue weighted by atomic mass is 10.1. The summed E-state index contributed by atoms with van der Waals surface area (Å²) in [7, 11) is 0. The molecule has 342 valence electrons. The van der Waals surface area contributed by atoms with Crippen molar-refractivity contribution in [2.24, 2.45) is 0 Å². The molecule has 8 aromatic rings. The molecule has 0 spiro atoms. The van der Waals surface area contributed by atoms with E-state index in [1.165, 1.54) is 22.3 Å². The van der Waals surface area contributed by atoms with Gasteiger partial charge in [0.1, 0.15) is 46.0 Å². The van der Waals surface area contributed by atoms with E-state index < -0.39 is 0 Å². The Kier molecular flexibility index (Phi) is 27.1. The van der Waals surface area contributed by atoms with E-state index in [0.717, 1.165) is 28.7 Å². The van der Waals surface area contributed by atoms with Crippen molar-refractivity contribution in [3.63, 3.8) is 0 Å². The summed E-state index contributed by atoms with van der Waals surface area (Å²) in [6.45, 7) is 15.8. The van der Waals surface area contributed by atoms with Crippen LogP contribution in [0.25, 0.3) is 0 Å². The fourth-order valence-electron chi connectivity index (χ4n) is 4.85. The second-order valence-electron chi connectivity index (χ2n) is 14.7. The number of hydrogen-bond acceptors (Lipinski definition) is 8. The van der Waals surface area contributed by atoms with Gasteiger partial charge in [0.15, 0.2) is 0 Å². The number of para-hydroxylation sites is 3. The molecule has 8 heteroatoms. The van der Waals surface area contributed by atoms with Crippen molar-refractivity contribution >= 4 is 0 Å². The van der Waals surface area contributed by atoms with Crippen molar-refractivity contribution in [1.82, 2.24) is 0 Å². The molecule has 8 aromatic carbocycles. The van der Waals surface area contributed by atoms with Gasteiger partial charge >= 0.3 is 0 Å². The number of hydrogen-bond donors (Lipinski definition) is 8. The van der Waals surface area contributed by atoms with Crippen molar-refractivity contribution < 1.29 is 40.9 Å². The molecule has 0 aliphatic carbocycles. The molecule has 0 radical (unpaired) electrons. The lowest BCUT2D eigenvalue weighted by Gasteiger charge is -1.97. The smallest absolute Gasteiger partial charge is 0.118 e. The summed E-state index contributed by atoms with van der Waals surface area (Å²) in [4.78, 5) is 0. The highest BCUT2D eigenvalue weighted by molar-refractivity contribution is 5.35. The largest absolute Gasteiger partial charge is 0.508 e. The maximum Gasteiger partial charge on any atom is 0.118 e. The maximum absolute atomic E-state index is 9.04. The Morgan fingerprint density at radius 1 is 0.262 bits per heavy atom. The van der Waals surface area contributed by atoms with E-state index in [4.69, 9.17) is 40.9 Å². The number of phenolic OH excluding ortho intramolecular Hbond substituents is 8. The van der Waals surface area contributed by atoms with Gasteiger partial charge in [0.25, 0.3) is 0 Å². The summed E-state index contributed by atoms with van der Waals surface area (Å²) >= 11 is 0. The zero-order valence-electron chi connectivity index (χ0n) is 38.8. The van der Waals surface area contributed by atoms with Gasteiger partial charge in [-0.1, -0.05) is 127 Å². The van der Waals surface area contributed by atoms with Crippen LogP contribution < -0.4 is 0 Å².